The van der Waals surface area contributed by atoms with Crippen molar-refractivity contribution < 1.29 is 0 Å². The first-order valence-electron chi connectivity index (χ1n) is 10.4. The van der Waals surface area contributed by atoms with Crippen molar-refractivity contribution in [3.63, 3.8) is 0 Å². The van der Waals surface area contributed by atoms with Crippen molar-refractivity contribution in [2.45, 2.75) is 107 Å². The molecule has 4 fully saturated rings. The molecular formula is C20H36P2. The van der Waals surface area contributed by atoms with Gasteiger partial charge in [0.2, 0.25) is 0 Å². The lowest BCUT2D eigenvalue weighted by atomic mass is 9.73. The fourth-order valence-electron chi connectivity index (χ4n) is 6.60. The molecule has 2 heterocycles. The Morgan fingerprint density at radius 3 is 2.05 bits per heavy atom. The van der Waals surface area contributed by atoms with Crippen molar-refractivity contribution in [2.75, 3.05) is 0 Å². The van der Waals surface area contributed by atoms with Crippen molar-refractivity contribution in [1.82, 2.24) is 0 Å². The SMILES string of the molecule is CCC1C2CCCCCCC2PC12PC1CCCCCCC12. The van der Waals surface area contributed by atoms with E-state index in [9.17, 15) is 0 Å². The predicted molar refractivity (Wildman–Crippen MR) is 103 cm³/mol. The van der Waals surface area contributed by atoms with E-state index in [0.717, 1.165) is 22.4 Å². The van der Waals surface area contributed by atoms with Crippen LogP contribution in [0.3, 0.4) is 0 Å². The van der Waals surface area contributed by atoms with Crippen molar-refractivity contribution in [3.05, 3.63) is 0 Å². The minimum Gasteiger partial charge on any atom is -0.107 e. The summed E-state index contributed by atoms with van der Waals surface area (Å²) in [5.41, 5.74) is 2.33. The van der Waals surface area contributed by atoms with Crippen molar-refractivity contribution in [1.29, 1.82) is 0 Å². The Hall–Kier alpha value is 0.860. The summed E-state index contributed by atoms with van der Waals surface area (Å²) in [6.45, 7) is 2.54. The molecule has 4 rings (SSSR count). The maximum atomic E-state index is 2.54. The van der Waals surface area contributed by atoms with Gasteiger partial charge in [0, 0.05) is 4.90 Å². The molecule has 0 aromatic heterocycles. The summed E-state index contributed by atoms with van der Waals surface area (Å²) in [7, 11) is 2.73. The van der Waals surface area contributed by atoms with Gasteiger partial charge >= 0.3 is 0 Å². The molecule has 2 aliphatic carbocycles. The third kappa shape index (κ3) is 2.73. The second kappa shape index (κ2) is 7.00. The lowest BCUT2D eigenvalue weighted by Gasteiger charge is -2.58. The molecule has 0 nitrogen and oxygen atoms in total. The van der Waals surface area contributed by atoms with Crippen molar-refractivity contribution in [2.24, 2.45) is 17.8 Å². The highest BCUT2D eigenvalue weighted by atomic mass is 31.1. The van der Waals surface area contributed by atoms with Gasteiger partial charge in [0.1, 0.15) is 0 Å². The van der Waals surface area contributed by atoms with Gasteiger partial charge in [0.15, 0.2) is 0 Å². The van der Waals surface area contributed by atoms with Gasteiger partial charge < -0.3 is 0 Å². The van der Waals surface area contributed by atoms with E-state index < -0.39 is 0 Å². The standard InChI is InChI=1S/C20H36P2/c1-2-16-15-11-7-3-5-9-13-18(15)21-20(16)17-12-8-4-6-10-14-19(17)22-20/h15-19,21-22H,2-14H2,1H3. The molecule has 2 saturated heterocycles. The first-order valence-corrected chi connectivity index (χ1v) is 12.6. The van der Waals surface area contributed by atoms with Crippen LogP contribution in [-0.4, -0.2) is 16.2 Å². The lowest BCUT2D eigenvalue weighted by Crippen LogP contribution is -2.51. The minimum atomic E-state index is 0.885. The average molecular weight is 338 g/mol. The van der Waals surface area contributed by atoms with E-state index in [4.69, 9.17) is 0 Å². The van der Waals surface area contributed by atoms with Gasteiger partial charge in [-0.05, 0) is 54.8 Å². The Bertz CT molecular complexity index is 382. The predicted octanol–water partition coefficient (Wildman–Crippen LogP) is 6.77. The Morgan fingerprint density at radius 1 is 0.727 bits per heavy atom. The third-order valence-electron chi connectivity index (χ3n) is 7.56. The number of hydrogen-bond acceptors (Lipinski definition) is 0. The van der Waals surface area contributed by atoms with E-state index >= 15 is 0 Å². The maximum Gasteiger partial charge on any atom is 0.0120 e. The van der Waals surface area contributed by atoms with Crippen molar-refractivity contribution in [3.8, 4) is 0 Å². The molecule has 2 saturated carbocycles. The molecule has 0 aromatic rings. The summed E-state index contributed by atoms with van der Waals surface area (Å²) in [6, 6.07) is 0. The number of rotatable bonds is 1. The summed E-state index contributed by atoms with van der Waals surface area (Å²) in [5, 5.41) is 0. The van der Waals surface area contributed by atoms with Crippen LogP contribution < -0.4 is 0 Å². The molecule has 0 N–H and O–H groups in total. The van der Waals surface area contributed by atoms with Gasteiger partial charge in [0.25, 0.3) is 0 Å². The first-order chi connectivity index (χ1) is 10.8. The second-order valence-corrected chi connectivity index (χ2v) is 12.9. The fourth-order valence-corrected chi connectivity index (χ4v) is 13.5. The summed E-state index contributed by atoms with van der Waals surface area (Å²) in [6.07, 6.45) is 20.3. The Morgan fingerprint density at radius 2 is 1.32 bits per heavy atom. The first kappa shape index (κ1) is 16.3. The normalized spacial score (nSPS) is 51.4. The molecule has 8 atom stereocenters. The Kier molecular flexibility index (Phi) is 5.20. The molecule has 2 aliphatic heterocycles. The molecule has 0 radical (unpaired) electrons. The second-order valence-electron chi connectivity index (χ2n) is 8.64. The van der Waals surface area contributed by atoms with E-state index in [1.165, 1.54) is 60.8 Å². The maximum absolute atomic E-state index is 2.54. The molecule has 0 amide bonds. The lowest BCUT2D eigenvalue weighted by molar-refractivity contribution is 0.200. The highest BCUT2D eigenvalue weighted by molar-refractivity contribution is 7.62. The average Bonchev–Trinajstić information content (AvgIpc) is 2.77. The molecule has 2 heteroatoms. The van der Waals surface area contributed by atoms with E-state index in [-0.39, 0.29) is 0 Å². The van der Waals surface area contributed by atoms with Crippen LogP contribution >= 0.6 is 17.2 Å². The van der Waals surface area contributed by atoms with Crippen LogP contribution in [0.5, 0.6) is 0 Å². The van der Waals surface area contributed by atoms with Gasteiger partial charge in [-0.1, -0.05) is 64.7 Å². The van der Waals surface area contributed by atoms with Gasteiger partial charge in [-0.2, -0.15) is 0 Å². The zero-order chi connectivity index (χ0) is 15.0. The van der Waals surface area contributed by atoms with E-state index in [0.29, 0.717) is 0 Å². The smallest absolute Gasteiger partial charge is 0.0120 e. The summed E-state index contributed by atoms with van der Waals surface area (Å²) in [5.74, 6) is 3.44. The third-order valence-corrected chi connectivity index (χ3v) is 13.0. The van der Waals surface area contributed by atoms with Crippen LogP contribution in [0.2, 0.25) is 0 Å². The van der Waals surface area contributed by atoms with Gasteiger partial charge in [-0.3, -0.25) is 0 Å². The quantitative estimate of drug-likeness (QED) is 0.463. The fraction of sp³-hybridized carbons (Fsp3) is 1.00. The molecule has 1 spiro atoms. The molecule has 4 aliphatic rings. The van der Waals surface area contributed by atoms with Gasteiger partial charge in [-0.15, -0.1) is 17.2 Å². The van der Waals surface area contributed by atoms with Crippen molar-refractivity contribution >= 4 is 17.2 Å². The Balaban J connectivity index is 1.55. The molecule has 0 aromatic carbocycles. The number of fused-ring (bicyclic) bond motifs is 3. The van der Waals surface area contributed by atoms with Crippen LogP contribution in [0.15, 0.2) is 0 Å². The van der Waals surface area contributed by atoms with E-state index in [1.54, 1.807) is 51.4 Å². The van der Waals surface area contributed by atoms with Gasteiger partial charge in [-0.25, -0.2) is 0 Å². The van der Waals surface area contributed by atoms with Crippen LogP contribution in [-0.2, 0) is 0 Å². The largest absolute Gasteiger partial charge is 0.107 e. The monoisotopic (exact) mass is 338 g/mol. The molecule has 8 unspecified atom stereocenters. The van der Waals surface area contributed by atoms with Crippen LogP contribution in [0, 0.1) is 17.8 Å². The summed E-state index contributed by atoms with van der Waals surface area (Å²) >= 11 is 0. The van der Waals surface area contributed by atoms with Crippen LogP contribution in [0.1, 0.15) is 90.4 Å². The van der Waals surface area contributed by atoms with Crippen LogP contribution in [0.4, 0.5) is 0 Å². The van der Waals surface area contributed by atoms with E-state index in [1.807, 2.05) is 0 Å². The van der Waals surface area contributed by atoms with Gasteiger partial charge in [0.05, 0.1) is 0 Å². The van der Waals surface area contributed by atoms with Crippen LogP contribution in [0.25, 0.3) is 0 Å². The molecule has 22 heavy (non-hydrogen) atoms. The highest BCUT2D eigenvalue weighted by Gasteiger charge is 2.62. The zero-order valence-corrected chi connectivity index (χ0v) is 16.6. The Labute approximate surface area is 141 Å². The summed E-state index contributed by atoms with van der Waals surface area (Å²) in [4.78, 5) is 0.885. The van der Waals surface area contributed by atoms with E-state index in [2.05, 4.69) is 6.92 Å². The number of hydrogen-bond donors (Lipinski definition) is 0. The molecule has 126 valence electrons. The summed E-state index contributed by atoms with van der Waals surface area (Å²) < 4.78 is 0. The molecular weight excluding hydrogens is 302 g/mol. The molecule has 0 bridgehead atoms. The zero-order valence-electron chi connectivity index (χ0n) is 14.6. The highest BCUT2D eigenvalue weighted by Crippen LogP contribution is 2.79. The minimum absolute atomic E-state index is 0.885. The topological polar surface area (TPSA) is 0 Å².